The summed E-state index contributed by atoms with van der Waals surface area (Å²) in [4.78, 5) is 23.6. The Morgan fingerprint density at radius 1 is 1.03 bits per heavy atom. The second-order valence-electron chi connectivity index (χ2n) is 7.28. The molecule has 1 amide bonds. The van der Waals surface area contributed by atoms with E-state index >= 15 is 0 Å². The van der Waals surface area contributed by atoms with E-state index in [4.69, 9.17) is 9.84 Å². The highest BCUT2D eigenvalue weighted by molar-refractivity contribution is 14.1. The van der Waals surface area contributed by atoms with E-state index in [0.29, 0.717) is 17.0 Å². The molecule has 0 heterocycles. The van der Waals surface area contributed by atoms with Crippen LogP contribution in [0.4, 0.5) is 5.69 Å². The average molecular weight is 678 g/mol. The monoisotopic (exact) mass is 678 g/mol. The Kier molecular flexibility index (Phi) is 9.06. The molecule has 3 aromatic carbocycles. The van der Waals surface area contributed by atoms with Gasteiger partial charge in [0.15, 0.2) is 0 Å². The molecule has 3 aromatic rings. The zero-order chi connectivity index (χ0) is 24.7. The van der Waals surface area contributed by atoms with Gasteiger partial charge in [0.2, 0.25) is 0 Å². The number of benzene rings is 3. The Balaban J connectivity index is 1.73. The van der Waals surface area contributed by atoms with Crippen molar-refractivity contribution in [2.75, 3.05) is 5.32 Å². The Hall–Kier alpha value is -2.91. The van der Waals surface area contributed by atoms with Crippen molar-refractivity contribution >= 4 is 68.8 Å². The molecule has 0 unspecified atom stereocenters. The molecule has 0 aliphatic heterocycles. The van der Waals surface area contributed by atoms with Crippen molar-refractivity contribution in [2.45, 2.75) is 20.0 Å². The minimum Gasteiger partial charge on any atom is -0.487 e. The number of nitrogens with one attached hydrogen (secondary N) is 1. The topological polar surface area (TPSA) is 99.4 Å². The van der Waals surface area contributed by atoms with Crippen molar-refractivity contribution in [3.05, 3.63) is 95.6 Å². The number of hydrogen-bond donors (Lipinski definition) is 2. The normalized spacial score (nSPS) is 10.9. The fraction of sp³-hybridized carbons (Fsp3) is 0.115. The van der Waals surface area contributed by atoms with Gasteiger partial charge >= 0.3 is 5.97 Å². The molecule has 0 bridgehead atoms. The van der Waals surface area contributed by atoms with Crippen molar-refractivity contribution in [1.29, 1.82) is 5.26 Å². The van der Waals surface area contributed by atoms with Gasteiger partial charge < -0.3 is 15.2 Å². The first-order valence-electron chi connectivity index (χ1n) is 10.3. The van der Waals surface area contributed by atoms with Crippen LogP contribution in [0.25, 0.3) is 6.08 Å². The first kappa shape index (κ1) is 25.7. The molecule has 0 aliphatic carbocycles. The van der Waals surface area contributed by atoms with Crippen LogP contribution in [0.2, 0.25) is 0 Å². The van der Waals surface area contributed by atoms with Crippen LogP contribution in [0.1, 0.15) is 34.0 Å². The smallest absolute Gasteiger partial charge is 0.335 e. The summed E-state index contributed by atoms with van der Waals surface area (Å²) in [5, 5.41) is 21.3. The fourth-order valence-corrected chi connectivity index (χ4v) is 5.16. The highest BCUT2D eigenvalue weighted by atomic mass is 127. The molecule has 6 nitrogen and oxygen atoms in total. The molecule has 0 aliphatic rings. The zero-order valence-electron chi connectivity index (χ0n) is 18.1. The molecule has 0 saturated heterocycles. The molecule has 3 rings (SSSR count). The van der Waals surface area contributed by atoms with Gasteiger partial charge in [-0.15, -0.1) is 0 Å². The van der Waals surface area contributed by atoms with Crippen LogP contribution in [0.3, 0.4) is 0 Å². The van der Waals surface area contributed by atoms with E-state index in [1.54, 1.807) is 18.2 Å². The third-order valence-electron chi connectivity index (χ3n) is 4.90. The van der Waals surface area contributed by atoms with Gasteiger partial charge in [-0.1, -0.05) is 31.2 Å². The third-order valence-corrected chi connectivity index (χ3v) is 6.50. The summed E-state index contributed by atoms with van der Waals surface area (Å²) in [6, 6.07) is 19.7. The van der Waals surface area contributed by atoms with Gasteiger partial charge in [-0.3, -0.25) is 4.79 Å². The maximum atomic E-state index is 12.6. The number of carbonyl (C=O) groups excluding carboxylic acids is 1. The summed E-state index contributed by atoms with van der Waals surface area (Å²) in [5.41, 5.74) is 3.57. The van der Waals surface area contributed by atoms with E-state index in [0.717, 1.165) is 24.7 Å². The van der Waals surface area contributed by atoms with Gasteiger partial charge in [0.1, 0.15) is 24.0 Å². The van der Waals surface area contributed by atoms with Crippen LogP contribution in [0.5, 0.6) is 5.75 Å². The molecule has 0 aromatic heterocycles. The predicted octanol–water partition coefficient (Wildman–Crippen LogP) is 6.28. The highest BCUT2D eigenvalue weighted by Gasteiger charge is 2.13. The molecule has 8 heteroatoms. The molecule has 0 fully saturated rings. The number of anilines is 1. The summed E-state index contributed by atoms with van der Waals surface area (Å²) in [7, 11) is 0. The van der Waals surface area contributed by atoms with Crippen molar-refractivity contribution in [3.8, 4) is 11.8 Å². The van der Waals surface area contributed by atoms with E-state index in [9.17, 15) is 14.9 Å². The average Bonchev–Trinajstić information content (AvgIpc) is 2.82. The maximum absolute atomic E-state index is 12.6. The predicted molar refractivity (Wildman–Crippen MR) is 148 cm³/mol. The standard InChI is InChI=1S/C26H20I2N2O4/c1-2-16-5-9-21(10-6-16)30-25(31)20(14-29)11-18-12-22(27)24(23(28)13-18)34-15-17-3-7-19(8-4-17)26(32)33/h3-13H,2,15H2,1H3,(H,30,31)(H,32,33). The molecule has 0 radical (unpaired) electrons. The fourth-order valence-electron chi connectivity index (χ4n) is 3.04. The van der Waals surface area contributed by atoms with Crippen molar-refractivity contribution in [1.82, 2.24) is 0 Å². The Morgan fingerprint density at radius 3 is 2.15 bits per heavy atom. The Bertz CT molecular complexity index is 1250. The van der Waals surface area contributed by atoms with Crippen LogP contribution >= 0.6 is 45.2 Å². The number of aromatic carboxylic acids is 1. The van der Waals surface area contributed by atoms with Crippen LogP contribution in [0.15, 0.2) is 66.2 Å². The molecule has 172 valence electrons. The summed E-state index contributed by atoms with van der Waals surface area (Å²) < 4.78 is 7.61. The number of hydrogen-bond acceptors (Lipinski definition) is 4. The number of nitriles is 1. The summed E-state index contributed by atoms with van der Waals surface area (Å²) in [6.45, 7) is 2.34. The zero-order valence-corrected chi connectivity index (χ0v) is 22.5. The Labute approximate surface area is 224 Å². The number of halogens is 2. The van der Waals surface area contributed by atoms with E-state index in [-0.39, 0.29) is 17.7 Å². The number of carboxylic acid groups (broad SMARTS) is 1. The third kappa shape index (κ3) is 6.80. The van der Waals surface area contributed by atoms with E-state index in [1.165, 1.54) is 12.1 Å². The lowest BCUT2D eigenvalue weighted by Crippen LogP contribution is -2.13. The number of nitrogens with zero attached hydrogens (tertiary/aromatic N) is 1. The molecule has 34 heavy (non-hydrogen) atoms. The largest absolute Gasteiger partial charge is 0.487 e. The molecule has 0 saturated carbocycles. The molecule has 0 spiro atoms. The second kappa shape index (κ2) is 12.0. The minimum absolute atomic E-state index is 0.00152. The first-order valence-corrected chi connectivity index (χ1v) is 12.4. The molecule has 0 atom stereocenters. The number of aryl methyl sites for hydroxylation is 1. The maximum Gasteiger partial charge on any atom is 0.335 e. The van der Waals surface area contributed by atoms with Crippen molar-refractivity contribution in [3.63, 3.8) is 0 Å². The van der Waals surface area contributed by atoms with E-state index in [1.807, 2.05) is 42.5 Å². The number of rotatable bonds is 8. The van der Waals surface area contributed by atoms with Crippen LogP contribution in [-0.2, 0) is 17.8 Å². The lowest BCUT2D eigenvalue weighted by molar-refractivity contribution is -0.112. The van der Waals surface area contributed by atoms with Gasteiger partial charge in [0.25, 0.3) is 5.91 Å². The van der Waals surface area contributed by atoms with Crippen LogP contribution in [0, 0.1) is 18.5 Å². The van der Waals surface area contributed by atoms with Gasteiger partial charge in [-0.2, -0.15) is 5.26 Å². The van der Waals surface area contributed by atoms with Crippen molar-refractivity contribution < 1.29 is 19.4 Å². The summed E-state index contributed by atoms with van der Waals surface area (Å²) in [5.74, 6) is -0.762. The molecular formula is C26H20I2N2O4. The first-order chi connectivity index (χ1) is 16.3. The van der Waals surface area contributed by atoms with Gasteiger partial charge in [0.05, 0.1) is 12.7 Å². The van der Waals surface area contributed by atoms with Crippen LogP contribution < -0.4 is 10.1 Å². The summed E-state index contributed by atoms with van der Waals surface area (Å²) in [6.07, 6.45) is 2.46. The van der Waals surface area contributed by atoms with Gasteiger partial charge in [0, 0.05) is 5.69 Å². The van der Waals surface area contributed by atoms with Crippen LogP contribution in [-0.4, -0.2) is 17.0 Å². The summed E-state index contributed by atoms with van der Waals surface area (Å²) >= 11 is 4.30. The van der Waals surface area contributed by atoms with Gasteiger partial charge in [-0.25, -0.2) is 4.79 Å². The number of carbonyl (C=O) groups is 2. The molecule has 2 N–H and O–H groups in total. The lowest BCUT2D eigenvalue weighted by atomic mass is 10.1. The highest BCUT2D eigenvalue weighted by Crippen LogP contribution is 2.30. The van der Waals surface area contributed by atoms with Gasteiger partial charge in [-0.05, 0) is 111 Å². The number of carboxylic acids is 1. The minimum atomic E-state index is -0.972. The second-order valence-corrected chi connectivity index (χ2v) is 9.60. The SMILES string of the molecule is CCc1ccc(NC(=O)C(C#N)=Cc2cc(I)c(OCc3ccc(C(=O)O)cc3)c(I)c2)cc1. The van der Waals surface area contributed by atoms with E-state index in [2.05, 4.69) is 57.4 Å². The lowest BCUT2D eigenvalue weighted by Gasteiger charge is -2.12. The number of ether oxygens (including phenoxy) is 1. The number of amides is 1. The van der Waals surface area contributed by atoms with Crippen molar-refractivity contribution in [2.24, 2.45) is 0 Å². The quantitative estimate of drug-likeness (QED) is 0.166. The molecular weight excluding hydrogens is 658 g/mol. The Morgan fingerprint density at radius 2 is 1.62 bits per heavy atom. The van der Waals surface area contributed by atoms with E-state index < -0.39 is 11.9 Å².